The van der Waals surface area contributed by atoms with Gasteiger partial charge in [-0.05, 0) is 32.4 Å². The lowest BCUT2D eigenvalue weighted by Crippen LogP contribution is -2.37. The van der Waals surface area contributed by atoms with Crippen LogP contribution in [0.4, 0.5) is 10.2 Å². The van der Waals surface area contributed by atoms with Crippen LogP contribution in [0.2, 0.25) is 0 Å². The normalized spacial score (nSPS) is 14.1. The van der Waals surface area contributed by atoms with E-state index < -0.39 is 11.7 Å². The van der Waals surface area contributed by atoms with Crippen molar-refractivity contribution in [2.24, 2.45) is 5.73 Å². The number of nitrogens with two attached hydrogens (primary N) is 2. The summed E-state index contributed by atoms with van der Waals surface area (Å²) in [6.45, 7) is 5.09. The van der Waals surface area contributed by atoms with Gasteiger partial charge < -0.3 is 11.5 Å². The van der Waals surface area contributed by atoms with E-state index in [9.17, 15) is 4.39 Å². The van der Waals surface area contributed by atoms with E-state index in [1.807, 2.05) is 6.92 Å². The number of halogens is 1. The molecule has 0 aliphatic carbocycles. The number of pyridine rings is 1. The van der Waals surface area contributed by atoms with Gasteiger partial charge in [-0.3, -0.25) is 0 Å². The first-order valence-corrected chi connectivity index (χ1v) is 4.47. The van der Waals surface area contributed by atoms with E-state index in [2.05, 4.69) is 4.98 Å². The monoisotopic (exact) mass is 197 g/mol. The van der Waals surface area contributed by atoms with Crippen LogP contribution in [-0.2, 0) is 0 Å². The second-order valence-electron chi connectivity index (χ2n) is 4.17. The summed E-state index contributed by atoms with van der Waals surface area (Å²) < 4.78 is 13.8. The number of hydrogen-bond donors (Lipinski definition) is 2. The van der Waals surface area contributed by atoms with Crippen molar-refractivity contribution in [2.45, 2.75) is 32.5 Å². The van der Waals surface area contributed by atoms with Crippen LogP contribution in [0.3, 0.4) is 0 Å². The average Bonchev–Trinajstić information content (AvgIpc) is 2.06. The van der Waals surface area contributed by atoms with Gasteiger partial charge in [0.25, 0.3) is 0 Å². The maximum absolute atomic E-state index is 13.8. The highest BCUT2D eigenvalue weighted by molar-refractivity contribution is 5.43. The third-order valence-electron chi connectivity index (χ3n) is 2.01. The molecule has 0 spiro atoms. The highest BCUT2D eigenvalue weighted by atomic mass is 19.1. The Morgan fingerprint density at radius 2 is 2.07 bits per heavy atom. The number of rotatable bonds is 2. The lowest BCUT2D eigenvalue weighted by Gasteiger charge is -2.24. The molecule has 78 valence electrons. The first kappa shape index (κ1) is 10.9. The van der Waals surface area contributed by atoms with Crippen LogP contribution >= 0.6 is 0 Å². The van der Waals surface area contributed by atoms with Crippen molar-refractivity contribution in [3.63, 3.8) is 0 Å². The minimum absolute atomic E-state index is 0.210. The Labute approximate surface area is 83.3 Å². The van der Waals surface area contributed by atoms with Crippen molar-refractivity contribution in [3.05, 3.63) is 23.4 Å². The van der Waals surface area contributed by atoms with E-state index in [-0.39, 0.29) is 5.82 Å². The molecule has 1 heterocycles. The van der Waals surface area contributed by atoms with Crippen molar-refractivity contribution >= 4 is 5.82 Å². The number of anilines is 1. The number of alkyl halides is 1. The first-order valence-electron chi connectivity index (χ1n) is 4.47. The fraction of sp³-hybridized carbons (Fsp3) is 0.500. The molecule has 1 unspecified atom stereocenters. The van der Waals surface area contributed by atoms with Crippen molar-refractivity contribution in [1.29, 1.82) is 0 Å². The predicted octanol–water partition coefficient (Wildman–Crippen LogP) is 1.72. The van der Waals surface area contributed by atoms with Crippen LogP contribution in [0.15, 0.2) is 12.3 Å². The predicted molar refractivity (Wildman–Crippen MR) is 55.5 cm³/mol. The number of hydrogen-bond acceptors (Lipinski definition) is 3. The number of aryl methyl sites for hydroxylation is 1. The molecule has 1 aromatic rings. The smallest absolute Gasteiger partial charge is 0.146 e. The summed E-state index contributed by atoms with van der Waals surface area (Å²) in [5.74, 6) is 0.210. The number of nitrogens with zero attached hydrogens (tertiary/aromatic N) is 1. The Balaban J connectivity index is 3.12. The number of nitrogen functional groups attached to an aromatic ring is 1. The molecule has 1 atom stereocenters. The molecule has 1 rings (SSSR count). The molecular formula is C10H16FN3. The van der Waals surface area contributed by atoms with Gasteiger partial charge in [0.1, 0.15) is 12.0 Å². The van der Waals surface area contributed by atoms with Gasteiger partial charge in [0.05, 0.1) is 0 Å². The van der Waals surface area contributed by atoms with Crippen LogP contribution in [0.5, 0.6) is 0 Å². The Hall–Kier alpha value is -1.16. The molecule has 0 bridgehead atoms. The van der Waals surface area contributed by atoms with Crippen LogP contribution in [0, 0.1) is 6.92 Å². The van der Waals surface area contributed by atoms with E-state index >= 15 is 0 Å². The molecule has 0 saturated heterocycles. The molecule has 0 aromatic carbocycles. The molecule has 1 aromatic heterocycles. The Bertz CT molecular complexity index is 331. The Kier molecular flexibility index (Phi) is 2.76. The standard InChI is InChI=1S/C10H16FN3/c1-6-4-7(9(12)14-5-6)8(11)10(2,3)13/h4-5,8H,13H2,1-3H3,(H2,12,14). The molecule has 0 fully saturated rings. The molecule has 0 saturated carbocycles. The molecule has 0 radical (unpaired) electrons. The summed E-state index contributed by atoms with van der Waals surface area (Å²) in [6.07, 6.45) is 0.310. The lowest BCUT2D eigenvalue weighted by molar-refractivity contribution is 0.224. The van der Waals surface area contributed by atoms with Crippen LogP contribution in [0.1, 0.15) is 31.1 Å². The molecule has 0 aliphatic heterocycles. The zero-order valence-electron chi connectivity index (χ0n) is 8.71. The largest absolute Gasteiger partial charge is 0.383 e. The fourth-order valence-electron chi connectivity index (χ4n) is 1.21. The lowest BCUT2D eigenvalue weighted by atomic mass is 9.93. The van der Waals surface area contributed by atoms with E-state index in [1.54, 1.807) is 26.1 Å². The summed E-state index contributed by atoms with van der Waals surface area (Å²) in [4.78, 5) is 3.90. The van der Waals surface area contributed by atoms with Crippen molar-refractivity contribution in [3.8, 4) is 0 Å². The highest BCUT2D eigenvalue weighted by Gasteiger charge is 2.28. The molecule has 14 heavy (non-hydrogen) atoms. The summed E-state index contributed by atoms with van der Waals surface area (Å²) in [7, 11) is 0. The van der Waals surface area contributed by atoms with Crippen molar-refractivity contribution < 1.29 is 4.39 Å². The third-order valence-corrected chi connectivity index (χ3v) is 2.01. The molecule has 0 aliphatic rings. The van der Waals surface area contributed by atoms with Crippen LogP contribution in [-0.4, -0.2) is 10.5 Å². The van der Waals surface area contributed by atoms with Gasteiger partial charge in [-0.1, -0.05) is 0 Å². The molecule has 4 N–H and O–H groups in total. The van der Waals surface area contributed by atoms with Gasteiger partial charge >= 0.3 is 0 Å². The molecular weight excluding hydrogens is 181 g/mol. The summed E-state index contributed by atoms with van der Waals surface area (Å²) in [5, 5.41) is 0. The minimum Gasteiger partial charge on any atom is -0.383 e. The van der Waals surface area contributed by atoms with Gasteiger partial charge in [0.15, 0.2) is 0 Å². The number of aromatic nitrogens is 1. The molecule has 0 amide bonds. The van der Waals surface area contributed by atoms with Crippen LogP contribution in [0.25, 0.3) is 0 Å². The van der Waals surface area contributed by atoms with E-state index in [4.69, 9.17) is 11.5 Å². The SMILES string of the molecule is Cc1cnc(N)c(C(F)C(C)(C)N)c1. The average molecular weight is 197 g/mol. The van der Waals surface area contributed by atoms with Gasteiger partial charge in [-0.2, -0.15) is 0 Å². The quantitative estimate of drug-likeness (QED) is 0.758. The first-order chi connectivity index (χ1) is 6.32. The Morgan fingerprint density at radius 3 is 2.57 bits per heavy atom. The van der Waals surface area contributed by atoms with E-state index in [0.717, 1.165) is 5.56 Å². The zero-order valence-corrected chi connectivity index (χ0v) is 8.71. The van der Waals surface area contributed by atoms with Gasteiger partial charge in [0.2, 0.25) is 0 Å². The van der Waals surface area contributed by atoms with Crippen molar-refractivity contribution in [2.75, 3.05) is 5.73 Å². The zero-order chi connectivity index (χ0) is 10.9. The maximum atomic E-state index is 13.8. The topological polar surface area (TPSA) is 64.9 Å². The fourth-order valence-corrected chi connectivity index (χ4v) is 1.21. The van der Waals surface area contributed by atoms with Gasteiger partial charge in [0, 0.05) is 17.3 Å². The third kappa shape index (κ3) is 2.20. The van der Waals surface area contributed by atoms with Crippen molar-refractivity contribution in [1.82, 2.24) is 4.98 Å². The van der Waals surface area contributed by atoms with E-state index in [1.165, 1.54) is 0 Å². The minimum atomic E-state index is -1.30. The van der Waals surface area contributed by atoms with E-state index in [0.29, 0.717) is 5.56 Å². The summed E-state index contributed by atoms with van der Waals surface area (Å²) in [6, 6.07) is 1.68. The van der Waals surface area contributed by atoms with Crippen LogP contribution < -0.4 is 11.5 Å². The summed E-state index contributed by atoms with van der Waals surface area (Å²) in [5.41, 5.74) is 11.6. The molecule has 3 nitrogen and oxygen atoms in total. The second-order valence-corrected chi connectivity index (χ2v) is 4.17. The molecule has 4 heteroatoms. The van der Waals surface area contributed by atoms with Gasteiger partial charge in [-0.25, -0.2) is 9.37 Å². The van der Waals surface area contributed by atoms with Gasteiger partial charge in [-0.15, -0.1) is 0 Å². The second kappa shape index (κ2) is 3.53. The Morgan fingerprint density at radius 1 is 1.50 bits per heavy atom. The summed E-state index contributed by atoms with van der Waals surface area (Å²) >= 11 is 0. The highest BCUT2D eigenvalue weighted by Crippen LogP contribution is 2.30. The maximum Gasteiger partial charge on any atom is 0.146 e.